The van der Waals surface area contributed by atoms with Crippen molar-refractivity contribution in [2.45, 2.75) is 46.2 Å². The second-order valence-corrected chi connectivity index (χ2v) is 6.76. The van der Waals surface area contributed by atoms with E-state index in [9.17, 15) is 13.2 Å². The lowest BCUT2D eigenvalue weighted by Crippen LogP contribution is -2.45. The lowest BCUT2D eigenvalue weighted by Gasteiger charge is -2.34. The fourth-order valence-corrected chi connectivity index (χ4v) is 2.42. The van der Waals surface area contributed by atoms with E-state index in [0.29, 0.717) is 5.75 Å². The van der Waals surface area contributed by atoms with Crippen LogP contribution in [0.3, 0.4) is 0 Å². The van der Waals surface area contributed by atoms with Gasteiger partial charge in [-0.1, -0.05) is 20.8 Å². The SMILES string of the molecule is CC(N)C(Oc1ccc(OC(F)(F)F)c(Br)c1)C(C)(C)C. The summed E-state index contributed by atoms with van der Waals surface area (Å²) in [5, 5.41) is 0. The number of benzene rings is 1. The lowest BCUT2D eigenvalue weighted by molar-refractivity contribution is -0.274. The monoisotopic (exact) mass is 369 g/mol. The van der Waals surface area contributed by atoms with Crippen molar-refractivity contribution in [1.29, 1.82) is 0 Å². The largest absolute Gasteiger partial charge is 0.573 e. The Labute approximate surface area is 130 Å². The molecule has 120 valence electrons. The van der Waals surface area contributed by atoms with Gasteiger partial charge in [0.2, 0.25) is 0 Å². The smallest absolute Gasteiger partial charge is 0.488 e. The van der Waals surface area contributed by atoms with Crippen molar-refractivity contribution < 1.29 is 22.6 Å². The molecule has 1 rings (SSSR count). The van der Waals surface area contributed by atoms with E-state index in [1.54, 1.807) is 0 Å². The van der Waals surface area contributed by atoms with Gasteiger partial charge in [-0.2, -0.15) is 0 Å². The van der Waals surface area contributed by atoms with Crippen LogP contribution in [0.25, 0.3) is 0 Å². The molecule has 0 aliphatic carbocycles. The van der Waals surface area contributed by atoms with E-state index < -0.39 is 6.36 Å². The molecule has 1 aromatic carbocycles. The Bertz CT molecular complexity index is 484. The number of hydrogen-bond acceptors (Lipinski definition) is 3. The Hall–Kier alpha value is -0.950. The third-order valence-corrected chi connectivity index (χ3v) is 3.34. The zero-order valence-corrected chi connectivity index (χ0v) is 13.9. The minimum Gasteiger partial charge on any atom is -0.488 e. The van der Waals surface area contributed by atoms with Crippen LogP contribution in [0.2, 0.25) is 0 Å². The quantitative estimate of drug-likeness (QED) is 0.850. The van der Waals surface area contributed by atoms with Crippen LogP contribution in [0.5, 0.6) is 11.5 Å². The summed E-state index contributed by atoms with van der Waals surface area (Å²) in [6.45, 7) is 7.78. The molecule has 7 heteroatoms. The van der Waals surface area contributed by atoms with Crippen LogP contribution in [0.4, 0.5) is 13.2 Å². The van der Waals surface area contributed by atoms with Gasteiger partial charge in [0.1, 0.15) is 17.6 Å². The van der Waals surface area contributed by atoms with Crippen LogP contribution in [0, 0.1) is 5.41 Å². The first-order chi connectivity index (χ1) is 9.40. The van der Waals surface area contributed by atoms with Gasteiger partial charge in [0.15, 0.2) is 0 Å². The van der Waals surface area contributed by atoms with E-state index in [0.717, 1.165) is 0 Å². The first kappa shape index (κ1) is 18.1. The topological polar surface area (TPSA) is 44.5 Å². The standard InChI is InChI=1S/C14H19BrF3NO2/c1-8(19)12(13(2,3)4)20-9-5-6-11(10(15)7-9)21-14(16,17)18/h5-8,12H,19H2,1-4H3. The van der Waals surface area contributed by atoms with Crippen LogP contribution in [-0.2, 0) is 0 Å². The Morgan fingerprint density at radius 1 is 1.19 bits per heavy atom. The van der Waals surface area contributed by atoms with Crippen molar-refractivity contribution in [3.05, 3.63) is 22.7 Å². The molecular weight excluding hydrogens is 351 g/mol. The molecule has 0 fully saturated rings. The predicted molar refractivity (Wildman–Crippen MR) is 78.3 cm³/mol. The molecule has 0 spiro atoms. The van der Waals surface area contributed by atoms with Crippen LogP contribution >= 0.6 is 15.9 Å². The molecule has 2 atom stereocenters. The molecule has 0 saturated carbocycles. The van der Waals surface area contributed by atoms with E-state index >= 15 is 0 Å². The summed E-state index contributed by atoms with van der Waals surface area (Å²) in [6.07, 6.45) is -5.01. The molecule has 1 aromatic rings. The maximum absolute atomic E-state index is 12.2. The summed E-state index contributed by atoms with van der Waals surface area (Å²) >= 11 is 3.04. The third kappa shape index (κ3) is 5.74. The molecule has 3 nitrogen and oxygen atoms in total. The zero-order valence-electron chi connectivity index (χ0n) is 12.3. The number of hydrogen-bond donors (Lipinski definition) is 1. The van der Waals surface area contributed by atoms with Gasteiger partial charge in [0.05, 0.1) is 4.47 Å². The van der Waals surface area contributed by atoms with E-state index in [4.69, 9.17) is 10.5 Å². The molecule has 2 unspecified atom stereocenters. The van der Waals surface area contributed by atoms with E-state index in [1.165, 1.54) is 18.2 Å². The normalized spacial score (nSPS) is 15.5. The zero-order chi connectivity index (χ0) is 16.4. The Morgan fingerprint density at radius 2 is 1.76 bits per heavy atom. The maximum Gasteiger partial charge on any atom is 0.573 e. The fourth-order valence-electron chi connectivity index (χ4n) is 1.98. The molecule has 0 amide bonds. The summed E-state index contributed by atoms with van der Waals surface area (Å²) in [7, 11) is 0. The van der Waals surface area contributed by atoms with E-state index in [1.807, 2.05) is 27.7 Å². The highest BCUT2D eigenvalue weighted by atomic mass is 79.9. The first-order valence-corrected chi connectivity index (χ1v) is 7.17. The maximum atomic E-state index is 12.2. The van der Waals surface area contributed by atoms with Crippen LogP contribution in [0.15, 0.2) is 22.7 Å². The molecule has 0 bridgehead atoms. The molecule has 0 aliphatic rings. The lowest BCUT2D eigenvalue weighted by atomic mass is 9.85. The van der Waals surface area contributed by atoms with Gasteiger partial charge in [0, 0.05) is 11.5 Å². The van der Waals surface area contributed by atoms with E-state index in [-0.39, 0.29) is 27.8 Å². The predicted octanol–water partition coefficient (Wildman–Crippen LogP) is 4.49. The van der Waals surface area contributed by atoms with Gasteiger partial charge in [-0.3, -0.25) is 0 Å². The van der Waals surface area contributed by atoms with Crippen LogP contribution < -0.4 is 15.2 Å². The molecule has 0 aliphatic heterocycles. The number of alkyl halides is 3. The second-order valence-electron chi connectivity index (χ2n) is 5.90. The molecule has 2 N–H and O–H groups in total. The highest BCUT2D eigenvalue weighted by Crippen LogP contribution is 2.35. The van der Waals surface area contributed by atoms with Crippen molar-refractivity contribution in [3.8, 4) is 11.5 Å². The first-order valence-electron chi connectivity index (χ1n) is 6.37. The summed E-state index contributed by atoms with van der Waals surface area (Å²) in [6, 6.07) is 3.83. The van der Waals surface area contributed by atoms with Crippen molar-refractivity contribution >= 4 is 15.9 Å². The summed E-state index contributed by atoms with van der Waals surface area (Å²) < 4.78 is 46.5. The average molecular weight is 370 g/mol. The molecule has 0 aromatic heterocycles. The van der Waals surface area contributed by atoms with Gasteiger partial charge >= 0.3 is 6.36 Å². The highest BCUT2D eigenvalue weighted by Gasteiger charge is 2.33. The van der Waals surface area contributed by atoms with Gasteiger partial charge < -0.3 is 15.2 Å². The minimum atomic E-state index is -4.73. The summed E-state index contributed by atoms with van der Waals surface area (Å²) in [5.41, 5.74) is 5.71. The molecule has 0 heterocycles. The molecule has 0 saturated heterocycles. The number of ether oxygens (including phenoxy) is 2. The van der Waals surface area contributed by atoms with Crippen molar-refractivity contribution in [2.24, 2.45) is 11.1 Å². The second kappa shape index (κ2) is 6.44. The van der Waals surface area contributed by atoms with Crippen LogP contribution in [0.1, 0.15) is 27.7 Å². The number of nitrogens with two attached hydrogens (primary N) is 1. The fraction of sp³-hybridized carbons (Fsp3) is 0.571. The molecule has 21 heavy (non-hydrogen) atoms. The van der Waals surface area contributed by atoms with Gasteiger partial charge in [-0.05, 0) is 41.1 Å². The van der Waals surface area contributed by atoms with Crippen molar-refractivity contribution in [1.82, 2.24) is 0 Å². The van der Waals surface area contributed by atoms with E-state index in [2.05, 4.69) is 20.7 Å². The Balaban J connectivity index is 2.93. The highest BCUT2D eigenvalue weighted by molar-refractivity contribution is 9.10. The number of rotatable bonds is 4. The van der Waals surface area contributed by atoms with Crippen LogP contribution in [-0.4, -0.2) is 18.5 Å². The molecule has 0 radical (unpaired) electrons. The summed E-state index contributed by atoms with van der Waals surface area (Å²) in [5.74, 6) is 0.108. The van der Waals surface area contributed by atoms with Gasteiger partial charge in [0.25, 0.3) is 0 Å². The van der Waals surface area contributed by atoms with Gasteiger partial charge in [-0.25, -0.2) is 0 Å². The molecular formula is C14H19BrF3NO2. The van der Waals surface area contributed by atoms with Gasteiger partial charge in [-0.15, -0.1) is 13.2 Å². The van der Waals surface area contributed by atoms with Crippen molar-refractivity contribution in [3.63, 3.8) is 0 Å². The number of halogens is 4. The Kier molecular flexibility index (Phi) is 5.55. The average Bonchev–Trinajstić information content (AvgIpc) is 2.25. The third-order valence-electron chi connectivity index (χ3n) is 2.72. The summed E-state index contributed by atoms with van der Waals surface area (Å²) in [4.78, 5) is 0. The Morgan fingerprint density at radius 3 is 2.14 bits per heavy atom. The van der Waals surface area contributed by atoms with Crippen molar-refractivity contribution in [2.75, 3.05) is 0 Å². The minimum absolute atomic E-state index is 0.162.